The molecular formula is C16H16IN3S. The van der Waals surface area contributed by atoms with E-state index in [1.165, 1.54) is 8.45 Å². The standard InChI is InChI=1S/C16H16IN3S/c1-9(2)10-3-5-11(6-4-10)14-15(19-20-16(14)18)12-7-13(17)21-8-12/h3-9H,1-2H3,(H3,18,19,20). The predicted octanol–water partition coefficient (Wildman–Crippen LogP) is 5.12. The van der Waals surface area contributed by atoms with E-state index in [0.29, 0.717) is 11.7 Å². The third-order valence-electron chi connectivity index (χ3n) is 3.52. The maximum atomic E-state index is 6.07. The number of nitrogens with one attached hydrogen (secondary N) is 1. The molecule has 0 fully saturated rings. The molecule has 108 valence electrons. The third-order valence-corrected chi connectivity index (χ3v) is 5.31. The second-order valence-corrected chi connectivity index (χ2v) is 8.08. The molecule has 0 bridgehead atoms. The van der Waals surface area contributed by atoms with E-state index in [4.69, 9.17) is 5.73 Å². The van der Waals surface area contributed by atoms with E-state index in [2.05, 4.69) is 82.3 Å². The number of hydrogen-bond acceptors (Lipinski definition) is 3. The molecule has 1 aromatic carbocycles. The summed E-state index contributed by atoms with van der Waals surface area (Å²) in [5.74, 6) is 1.07. The van der Waals surface area contributed by atoms with Crippen molar-refractivity contribution in [1.82, 2.24) is 10.2 Å². The zero-order valence-electron chi connectivity index (χ0n) is 11.9. The number of H-pyrrole nitrogens is 1. The molecule has 5 heteroatoms. The van der Waals surface area contributed by atoms with Gasteiger partial charge in [-0.25, -0.2) is 0 Å². The largest absolute Gasteiger partial charge is 0.382 e. The van der Waals surface area contributed by atoms with E-state index in [0.717, 1.165) is 22.4 Å². The van der Waals surface area contributed by atoms with E-state index in [9.17, 15) is 0 Å². The van der Waals surface area contributed by atoms with Gasteiger partial charge in [-0.1, -0.05) is 38.1 Å². The predicted molar refractivity (Wildman–Crippen MR) is 98.6 cm³/mol. The Hall–Kier alpha value is -1.34. The lowest BCUT2D eigenvalue weighted by Crippen LogP contribution is -1.90. The maximum Gasteiger partial charge on any atom is 0.153 e. The van der Waals surface area contributed by atoms with Crippen molar-refractivity contribution in [1.29, 1.82) is 0 Å². The maximum absolute atomic E-state index is 6.07. The number of nitrogens with two attached hydrogens (primary N) is 1. The molecule has 0 aliphatic rings. The van der Waals surface area contributed by atoms with Gasteiger partial charge in [-0.15, -0.1) is 11.3 Å². The lowest BCUT2D eigenvalue weighted by atomic mass is 9.97. The Morgan fingerprint density at radius 1 is 1.19 bits per heavy atom. The van der Waals surface area contributed by atoms with Crippen molar-refractivity contribution in [3.8, 4) is 22.4 Å². The minimum absolute atomic E-state index is 0.527. The van der Waals surface area contributed by atoms with Crippen molar-refractivity contribution in [2.75, 3.05) is 5.73 Å². The molecule has 2 heterocycles. The quantitative estimate of drug-likeness (QED) is 0.591. The molecule has 0 amide bonds. The Bertz CT molecular complexity index is 756. The fourth-order valence-corrected chi connectivity index (χ4v) is 3.67. The Balaban J connectivity index is 2.08. The molecule has 0 saturated carbocycles. The van der Waals surface area contributed by atoms with Crippen molar-refractivity contribution in [2.45, 2.75) is 19.8 Å². The Morgan fingerprint density at radius 2 is 1.90 bits per heavy atom. The summed E-state index contributed by atoms with van der Waals surface area (Å²) in [6.07, 6.45) is 0. The Labute approximate surface area is 141 Å². The Kier molecular flexibility index (Phi) is 4.03. The molecule has 3 N–H and O–H groups in total. The van der Waals surface area contributed by atoms with Crippen LogP contribution in [0.15, 0.2) is 35.7 Å². The molecular weight excluding hydrogens is 393 g/mol. The fourth-order valence-electron chi connectivity index (χ4n) is 2.33. The number of benzene rings is 1. The van der Waals surface area contributed by atoms with Crippen molar-refractivity contribution >= 4 is 39.7 Å². The number of aromatic amines is 1. The normalized spacial score (nSPS) is 11.2. The second-order valence-electron chi connectivity index (χ2n) is 5.28. The van der Waals surface area contributed by atoms with Crippen LogP contribution in [0.1, 0.15) is 25.3 Å². The number of hydrogen-bond donors (Lipinski definition) is 2. The van der Waals surface area contributed by atoms with Crippen LogP contribution in [-0.2, 0) is 0 Å². The summed E-state index contributed by atoms with van der Waals surface area (Å²) < 4.78 is 1.25. The van der Waals surface area contributed by atoms with Crippen molar-refractivity contribution in [3.63, 3.8) is 0 Å². The van der Waals surface area contributed by atoms with Crippen LogP contribution in [0.2, 0.25) is 0 Å². The summed E-state index contributed by atoms with van der Waals surface area (Å²) in [7, 11) is 0. The second kappa shape index (κ2) is 5.81. The molecule has 0 unspecified atom stereocenters. The van der Waals surface area contributed by atoms with Gasteiger partial charge in [0.2, 0.25) is 0 Å². The number of rotatable bonds is 3. The highest BCUT2D eigenvalue weighted by molar-refractivity contribution is 14.1. The van der Waals surface area contributed by atoms with Gasteiger partial charge in [0.25, 0.3) is 0 Å². The van der Waals surface area contributed by atoms with Gasteiger partial charge in [-0.05, 0) is 45.7 Å². The lowest BCUT2D eigenvalue weighted by Gasteiger charge is -2.07. The third kappa shape index (κ3) is 2.85. The molecule has 2 aromatic heterocycles. The summed E-state index contributed by atoms with van der Waals surface area (Å²) in [6, 6.07) is 10.7. The van der Waals surface area contributed by atoms with Crippen LogP contribution in [-0.4, -0.2) is 10.2 Å². The molecule has 21 heavy (non-hydrogen) atoms. The highest BCUT2D eigenvalue weighted by atomic mass is 127. The van der Waals surface area contributed by atoms with E-state index >= 15 is 0 Å². The summed E-state index contributed by atoms with van der Waals surface area (Å²) in [5, 5.41) is 9.38. The first-order chi connectivity index (χ1) is 10.1. The zero-order chi connectivity index (χ0) is 15.0. The van der Waals surface area contributed by atoms with Gasteiger partial charge in [0.1, 0.15) is 0 Å². The van der Waals surface area contributed by atoms with Gasteiger partial charge in [-0.2, -0.15) is 5.10 Å². The summed E-state index contributed by atoms with van der Waals surface area (Å²) in [6.45, 7) is 4.39. The molecule has 3 rings (SSSR count). The van der Waals surface area contributed by atoms with Gasteiger partial charge in [0.05, 0.1) is 14.1 Å². The number of thiophene rings is 1. The van der Waals surface area contributed by atoms with Crippen LogP contribution in [0.5, 0.6) is 0 Å². The van der Waals surface area contributed by atoms with Gasteiger partial charge in [0, 0.05) is 10.9 Å². The minimum atomic E-state index is 0.527. The minimum Gasteiger partial charge on any atom is -0.382 e. The average Bonchev–Trinajstić information content (AvgIpc) is 3.05. The smallest absolute Gasteiger partial charge is 0.153 e. The SMILES string of the molecule is CC(C)c1ccc(-c2c(N)n[nH]c2-c2csc(I)c2)cc1. The zero-order valence-corrected chi connectivity index (χ0v) is 14.8. The van der Waals surface area contributed by atoms with Crippen LogP contribution in [0.3, 0.4) is 0 Å². The first kappa shape index (κ1) is 14.6. The number of nitrogen functional groups attached to an aromatic ring is 1. The van der Waals surface area contributed by atoms with E-state index < -0.39 is 0 Å². The number of anilines is 1. The molecule has 0 atom stereocenters. The van der Waals surface area contributed by atoms with Gasteiger partial charge < -0.3 is 5.73 Å². The lowest BCUT2D eigenvalue weighted by molar-refractivity contribution is 0.867. The monoisotopic (exact) mass is 409 g/mol. The molecule has 0 aliphatic carbocycles. The fraction of sp³-hybridized carbons (Fsp3) is 0.188. The highest BCUT2D eigenvalue weighted by Gasteiger charge is 2.16. The number of nitrogens with zero attached hydrogens (tertiary/aromatic N) is 1. The molecule has 3 nitrogen and oxygen atoms in total. The summed E-state index contributed by atoms with van der Waals surface area (Å²) in [4.78, 5) is 0. The first-order valence-corrected chi connectivity index (χ1v) is 8.70. The summed E-state index contributed by atoms with van der Waals surface area (Å²) in [5.41, 5.74) is 11.6. The van der Waals surface area contributed by atoms with Crippen LogP contribution >= 0.6 is 33.9 Å². The topological polar surface area (TPSA) is 54.7 Å². The molecule has 3 aromatic rings. The van der Waals surface area contributed by atoms with Gasteiger partial charge in [-0.3, -0.25) is 5.10 Å². The Morgan fingerprint density at radius 3 is 2.48 bits per heavy atom. The summed E-state index contributed by atoms with van der Waals surface area (Å²) >= 11 is 4.04. The average molecular weight is 409 g/mol. The van der Waals surface area contributed by atoms with Crippen LogP contribution < -0.4 is 5.73 Å². The van der Waals surface area contributed by atoms with Crippen molar-refractivity contribution in [3.05, 3.63) is 44.2 Å². The molecule has 0 aliphatic heterocycles. The highest BCUT2D eigenvalue weighted by Crippen LogP contribution is 2.37. The van der Waals surface area contributed by atoms with Gasteiger partial charge >= 0.3 is 0 Å². The number of aromatic nitrogens is 2. The van der Waals surface area contributed by atoms with Crippen molar-refractivity contribution in [2.24, 2.45) is 0 Å². The number of halogens is 1. The van der Waals surface area contributed by atoms with E-state index in [1.807, 2.05) is 0 Å². The molecule has 0 spiro atoms. The first-order valence-electron chi connectivity index (χ1n) is 6.75. The van der Waals surface area contributed by atoms with Crippen LogP contribution in [0.25, 0.3) is 22.4 Å². The molecule has 0 radical (unpaired) electrons. The van der Waals surface area contributed by atoms with Gasteiger partial charge in [0.15, 0.2) is 5.82 Å². The molecule has 0 saturated heterocycles. The van der Waals surface area contributed by atoms with Crippen LogP contribution in [0, 0.1) is 2.88 Å². The van der Waals surface area contributed by atoms with E-state index in [-0.39, 0.29) is 0 Å². The van der Waals surface area contributed by atoms with Crippen molar-refractivity contribution < 1.29 is 0 Å². The van der Waals surface area contributed by atoms with Crippen LogP contribution in [0.4, 0.5) is 5.82 Å². The van der Waals surface area contributed by atoms with E-state index in [1.54, 1.807) is 11.3 Å².